The van der Waals surface area contributed by atoms with Gasteiger partial charge in [-0.3, -0.25) is 4.79 Å². The summed E-state index contributed by atoms with van der Waals surface area (Å²) in [6.45, 7) is 2.12. The Kier molecular flexibility index (Phi) is 3.34. The van der Waals surface area contributed by atoms with Crippen molar-refractivity contribution in [3.05, 3.63) is 12.3 Å². The Hall–Kier alpha value is -1.36. The Morgan fingerprint density at radius 1 is 1.73 bits per heavy atom. The average molecular weight is 209 g/mol. The van der Waals surface area contributed by atoms with E-state index in [1.807, 2.05) is 0 Å². The fourth-order valence-electron chi connectivity index (χ4n) is 1.78. The molecule has 0 aliphatic carbocycles. The highest BCUT2D eigenvalue weighted by Gasteiger charge is 2.15. The smallest absolute Gasteiger partial charge is 0.225 e. The Morgan fingerprint density at radius 3 is 3.33 bits per heavy atom. The lowest BCUT2D eigenvalue weighted by atomic mass is 10.0. The highest BCUT2D eigenvalue weighted by atomic mass is 16.5. The Bertz CT molecular complexity index is 304. The first kappa shape index (κ1) is 10.2. The van der Waals surface area contributed by atoms with E-state index in [-0.39, 0.29) is 5.91 Å². The van der Waals surface area contributed by atoms with Gasteiger partial charge in [-0.1, -0.05) is 5.16 Å². The quantitative estimate of drug-likeness (QED) is 0.776. The van der Waals surface area contributed by atoms with Crippen molar-refractivity contribution in [3.63, 3.8) is 0 Å². The molecule has 5 heteroatoms. The van der Waals surface area contributed by atoms with Crippen molar-refractivity contribution >= 4 is 11.7 Å². The van der Waals surface area contributed by atoms with Crippen LogP contribution in [0.1, 0.15) is 19.3 Å². The number of anilines is 1. The Labute approximate surface area is 88.2 Å². The van der Waals surface area contributed by atoms with Crippen LogP contribution in [0.3, 0.4) is 0 Å². The summed E-state index contributed by atoms with van der Waals surface area (Å²) >= 11 is 0. The van der Waals surface area contributed by atoms with Gasteiger partial charge in [-0.25, -0.2) is 0 Å². The number of carbonyl (C=O) groups is 1. The summed E-state index contributed by atoms with van der Waals surface area (Å²) in [4.78, 5) is 11.5. The lowest BCUT2D eigenvalue weighted by Crippen LogP contribution is -2.15. The van der Waals surface area contributed by atoms with E-state index >= 15 is 0 Å². The number of aromatic nitrogens is 1. The molecule has 1 aromatic rings. The number of nitrogens with one attached hydrogen (secondary N) is 2. The maximum Gasteiger partial charge on any atom is 0.225 e. The van der Waals surface area contributed by atoms with Crippen LogP contribution in [0.25, 0.3) is 0 Å². The van der Waals surface area contributed by atoms with E-state index < -0.39 is 0 Å². The van der Waals surface area contributed by atoms with Crippen molar-refractivity contribution in [2.24, 2.45) is 5.92 Å². The second-order valence-corrected chi connectivity index (χ2v) is 3.83. The van der Waals surface area contributed by atoms with Crippen molar-refractivity contribution in [1.82, 2.24) is 10.5 Å². The molecule has 1 atom stereocenters. The maximum absolute atomic E-state index is 11.5. The number of hydrogen-bond acceptors (Lipinski definition) is 4. The van der Waals surface area contributed by atoms with Crippen LogP contribution in [0.5, 0.6) is 0 Å². The molecule has 1 saturated heterocycles. The van der Waals surface area contributed by atoms with Crippen LogP contribution in [0.2, 0.25) is 0 Å². The lowest BCUT2D eigenvalue weighted by molar-refractivity contribution is -0.116. The first-order valence-corrected chi connectivity index (χ1v) is 5.25. The molecule has 0 spiro atoms. The highest BCUT2D eigenvalue weighted by molar-refractivity contribution is 5.89. The molecule has 0 bridgehead atoms. The summed E-state index contributed by atoms with van der Waals surface area (Å²) in [7, 11) is 0. The van der Waals surface area contributed by atoms with Crippen LogP contribution in [-0.2, 0) is 4.79 Å². The van der Waals surface area contributed by atoms with E-state index in [1.165, 1.54) is 12.7 Å². The molecule has 0 saturated carbocycles. The van der Waals surface area contributed by atoms with Gasteiger partial charge in [-0.05, 0) is 31.8 Å². The van der Waals surface area contributed by atoms with Gasteiger partial charge in [0.25, 0.3) is 0 Å². The molecule has 1 fully saturated rings. The number of carbonyl (C=O) groups excluding carboxylic acids is 1. The van der Waals surface area contributed by atoms with Gasteiger partial charge in [0.2, 0.25) is 5.91 Å². The van der Waals surface area contributed by atoms with Gasteiger partial charge < -0.3 is 15.2 Å². The van der Waals surface area contributed by atoms with Crippen molar-refractivity contribution in [3.8, 4) is 0 Å². The maximum atomic E-state index is 11.5. The predicted molar refractivity (Wildman–Crippen MR) is 55.3 cm³/mol. The van der Waals surface area contributed by atoms with Crippen LogP contribution in [0, 0.1) is 5.92 Å². The molecule has 2 N–H and O–H groups in total. The summed E-state index contributed by atoms with van der Waals surface area (Å²) in [6.07, 6.45) is 4.11. The van der Waals surface area contributed by atoms with Crippen LogP contribution < -0.4 is 10.6 Å². The summed E-state index contributed by atoms with van der Waals surface area (Å²) in [5, 5.41) is 9.58. The fourth-order valence-corrected chi connectivity index (χ4v) is 1.78. The molecular formula is C10H15N3O2. The zero-order valence-electron chi connectivity index (χ0n) is 8.53. The van der Waals surface area contributed by atoms with Gasteiger partial charge >= 0.3 is 0 Å². The molecule has 0 radical (unpaired) electrons. The topological polar surface area (TPSA) is 67.2 Å². The highest BCUT2D eigenvalue weighted by Crippen LogP contribution is 2.14. The largest absolute Gasteiger partial charge is 0.363 e. The second kappa shape index (κ2) is 4.93. The average Bonchev–Trinajstić information content (AvgIpc) is 2.86. The molecule has 1 amide bonds. The third-order valence-electron chi connectivity index (χ3n) is 2.65. The van der Waals surface area contributed by atoms with E-state index in [2.05, 4.69) is 20.3 Å². The summed E-state index contributed by atoms with van der Waals surface area (Å²) in [5.41, 5.74) is 0. The molecule has 1 aromatic heterocycles. The van der Waals surface area contributed by atoms with E-state index in [0.717, 1.165) is 19.5 Å². The van der Waals surface area contributed by atoms with Gasteiger partial charge in [-0.2, -0.15) is 0 Å². The van der Waals surface area contributed by atoms with Crippen LogP contribution >= 0.6 is 0 Å². The normalized spacial score (nSPS) is 20.4. The minimum absolute atomic E-state index is 0.0100. The van der Waals surface area contributed by atoms with Crippen LogP contribution in [0.15, 0.2) is 16.9 Å². The Morgan fingerprint density at radius 2 is 2.67 bits per heavy atom. The minimum atomic E-state index is 0.0100. The summed E-state index contributed by atoms with van der Waals surface area (Å²) in [6, 6.07) is 1.63. The molecule has 1 unspecified atom stereocenters. The summed E-state index contributed by atoms with van der Waals surface area (Å²) < 4.78 is 4.62. The molecular weight excluding hydrogens is 194 g/mol. The molecule has 1 aliphatic heterocycles. The second-order valence-electron chi connectivity index (χ2n) is 3.83. The van der Waals surface area contributed by atoms with Crippen LogP contribution in [-0.4, -0.2) is 24.2 Å². The van der Waals surface area contributed by atoms with Gasteiger partial charge in [0.05, 0.1) is 0 Å². The van der Waals surface area contributed by atoms with E-state index in [1.54, 1.807) is 6.07 Å². The summed E-state index contributed by atoms with van der Waals surface area (Å²) in [5.74, 6) is 1.15. The predicted octanol–water partition coefficient (Wildman–Crippen LogP) is 1.00. The number of nitrogens with zero attached hydrogens (tertiary/aromatic N) is 1. The van der Waals surface area contributed by atoms with E-state index in [0.29, 0.717) is 18.2 Å². The Balaban J connectivity index is 1.68. The van der Waals surface area contributed by atoms with E-state index in [4.69, 9.17) is 0 Å². The van der Waals surface area contributed by atoms with Gasteiger partial charge in [0.15, 0.2) is 5.82 Å². The van der Waals surface area contributed by atoms with Gasteiger partial charge in [0.1, 0.15) is 6.26 Å². The number of amides is 1. The van der Waals surface area contributed by atoms with Crippen molar-refractivity contribution in [2.45, 2.75) is 19.3 Å². The standard InChI is InChI=1S/C10H15N3O2/c14-10(12-9-4-6-15-13-9)2-1-8-3-5-11-7-8/h4,6,8,11H,1-3,5,7H2,(H,12,13,14). The molecule has 0 aromatic carbocycles. The van der Waals surface area contributed by atoms with Gasteiger partial charge in [-0.15, -0.1) is 0 Å². The monoisotopic (exact) mass is 209 g/mol. The zero-order valence-corrected chi connectivity index (χ0v) is 8.53. The first-order chi connectivity index (χ1) is 7.34. The minimum Gasteiger partial charge on any atom is -0.363 e. The SMILES string of the molecule is O=C(CCC1CCNC1)Nc1ccon1. The molecule has 5 nitrogen and oxygen atoms in total. The molecule has 15 heavy (non-hydrogen) atoms. The number of rotatable bonds is 4. The lowest BCUT2D eigenvalue weighted by Gasteiger charge is -2.06. The molecule has 82 valence electrons. The number of hydrogen-bond donors (Lipinski definition) is 2. The first-order valence-electron chi connectivity index (χ1n) is 5.25. The van der Waals surface area contributed by atoms with E-state index in [9.17, 15) is 4.79 Å². The van der Waals surface area contributed by atoms with Crippen molar-refractivity contribution < 1.29 is 9.32 Å². The third kappa shape index (κ3) is 3.06. The zero-order chi connectivity index (χ0) is 10.5. The van der Waals surface area contributed by atoms with Crippen LogP contribution in [0.4, 0.5) is 5.82 Å². The third-order valence-corrected chi connectivity index (χ3v) is 2.65. The molecule has 2 rings (SSSR count). The molecule has 1 aliphatic rings. The van der Waals surface area contributed by atoms with Crippen molar-refractivity contribution in [1.29, 1.82) is 0 Å². The fraction of sp³-hybridized carbons (Fsp3) is 0.600. The molecule has 2 heterocycles. The van der Waals surface area contributed by atoms with Gasteiger partial charge in [0, 0.05) is 12.5 Å². The van der Waals surface area contributed by atoms with Crippen molar-refractivity contribution in [2.75, 3.05) is 18.4 Å².